The molecule has 1 amide bonds. The highest BCUT2D eigenvalue weighted by Gasteiger charge is 2.50. The average Bonchev–Trinajstić information content (AvgIpc) is 3.23. The fourth-order valence-electron chi connectivity index (χ4n) is 5.91. The highest BCUT2D eigenvalue weighted by Crippen LogP contribution is 2.43. The summed E-state index contributed by atoms with van der Waals surface area (Å²) in [6, 6.07) is 13.3. The van der Waals surface area contributed by atoms with Crippen LogP contribution in [-0.4, -0.2) is 52.5 Å². The molecule has 1 unspecified atom stereocenters. The summed E-state index contributed by atoms with van der Waals surface area (Å²) in [4.78, 5) is 17.9. The number of hydrogen-bond donors (Lipinski definition) is 1. The summed E-state index contributed by atoms with van der Waals surface area (Å²) in [5, 5.41) is 11.7. The molecular weight excluding hydrogens is 470 g/mol. The van der Waals surface area contributed by atoms with Gasteiger partial charge in [-0.2, -0.15) is 0 Å². The van der Waals surface area contributed by atoms with Crippen LogP contribution in [0.15, 0.2) is 48.5 Å². The molecule has 2 aromatic rings. The first kappa shape index (κ1) is 27.6. The first-order valence-corrected chi connectivity index (χ1v) is 12.2. The van der Waals surface area contributed by atoms with Crippen molar-refractivity contribution in [2.75, 3.05) is 26.2 Å². The van der Waals surface area contributed by atoms with Crippen LogP contribution in [-0.2, 0) is 10.4 Å². The van der Waals surface area contributed by atoms with Gasteiger partial charge in [0, 0.05) is 55.5 Å². The molecular formula is C28H37ClF2N2O2. The fraction of sp³-hybridized carbons (Fsp3) is 0.536. The van der Waals surface area contributed by atoms with Crippen molar-refractivity contribution in [2.45, 2.75) is 51.7 Å². The summed E-state index contributed by atoms with van der Waals surface area (Å²) in [6.07, 6.45) is 0. The van der Waals surface area contributed by atoms with E-state index in [4.69, 9.17) is 0 Å². The molecule has 35 heavy (non-hydrogen) atoms. The Morgan fingerprint density at radius 2 is 1.57 bits per heavy atom. The van der Waals surface area contributed by atoms with Crippen LogP contribution >= 0.6 is 12.4 Å². The molecule has 192 valence electrons. The molecule has 7 heteroatoms. The molecule has 4 rings (SSSR count). The predicted octanol–water partition coefficient (Wildman–Crippen LogP) is 5.20. The lowest BCUT2D eigenvalue weighted by atomic mass is 9.70. The Balaban J connectivity index is 0.00000342. The van der Waals surface area contributed by atoms with E-state index in [-0.39, 0.29) is 41.6 Å². The van der Waals surface area contributed by atoms with Crippen LogP contribution in [0.25, 0.3) is 0 Å². The van der Waals surface area contributed by atoms with E-state index in [1.165, 1.54) is 12.1 Å². The first-order valence-electron chi connectivity index (χ1n) is 12.2. The van der Waals surface area contributed by atoms with Crippen LogP contribution in [0.5, 0.6) is 0 Å². The van der Waals surface area contributed by atoms with Gasteiger partial charge >= 0.3 is 0 Å². The van der Waals surface area contributed by atoms with Crippen LogP contribution in [0.2, 0.25) is 0 Å². The molecule has 0 aliphatic carbocycles. The molecule has 2 aliphatic rings. The van der Waals surface area contributed by atoms with Gasteiger partial charge in [0.05, 0.1) is 11.5 Å². The molecule has 1 N–H and O–H groups in total. The van der Waals surface area contributed by atoms with Gasteiger partial charge in [0.1, 0.15) is 11.6 Å². The standard InChI is InChI=1S/C28H36F2N2O2.ClH/c1-18-14-31(15-19(2)28(18,34)20-9-7-6-8-10-20)26(33)24-17-32(27(3,4)5)16-23(24)22-12-11-21(29)13-25(22)30;/h6-13,18-19,23-24,34H,14-17H2,1-5H3;1H/t18-,19+,23-,24+,28?;/m1./s1. The second kappa shape index (κ2) is 10.2. The van der Waals surface area contributed by atoms with Crippen LogP contribution < -0.4 is 0 Å². The Kier molecular flexibility index (Phi) is 8.00. The number of likely N-dealkylation sites (tertiary alicyclic amines) is 2. The van der Waals surface area contributed by atoms with Gasteiger partial charge in [0.15, 0.2) is 0 Å². The molecule has 5 atom stereocenters. The zero-order valence-electron chi connectivity index (χ0n) is 21.2. The average molecular weight is 507 g/mol. The molecule has 2 heterocycles. The molecule has 2 fully saturated rings. The Bertz CT molecular complexity index is 1030. The number of hydrogen-bond acceptors (Lipinski definition) is 3. The third-order valence-corrected chi connectivity index (χ3v) is 7.99. The summed E-state index contributed by atoms with van der Waals surface area (Å²) < 4.78 is 28.4. The van der Waals surface area contributed by atoms with Crippen molar-refractivity contribution in [1.29, 1.82) is 0 Å². The van der Waals surface area contributed by atoms with Crippen molar-refractivity contribution < 1.29 is 18.7 Å². The third kappa shape index (κ3) is 5.11. The minimum Gasteiger partial charge on any atom is -0.384 e. The quantitative estimate of drug-likeness (QED) is 0.622. The second-order valence-corrected chi connectivity index (χ2v) is 11.2. The largest absolute Gasteiger partial charge is 0.384 e. The monoisotopic (exact) mass is 506 g/mol. The molecule has 0 spiro atoms. The molecule has 0 radical (unpaired) electrons. The smallest absolute Gasteiger partial charge is 0.227 e. The van der Waals surface area contributed by atoms with E-state index in [1.54, 1.807) is 0 Å². The minimum atomic E-state index is -1.02. The zero-order chi connectivity index (χ0) is 24.8. The zero-order valence-corrected chi connectivity index (χ0v) is 22.0. The number of carbonyl (C=O) groups is 1. The minimum absolute atomic E-state index is 0. The van der Waals surface area contributed by atoms with Crippen LogP contribution in [0.3, 0.4) is 0 Å². The lowest BCUT2D eigenvalue weighted by Crippen LogP contribution is -2.57. The molecule has 2 aliphatic heterocycles. The molecule has 4 nitrogen and oxygen atoms in total. The van der Waals surface area contributed by atoms with Crippen LogP contribution in [0, 0.1) is 29.4 Å². The molecule has 0 saturated carbocycles. The Labute approximate surface area is 213 Å². The third-order valence-electron chi connectivity index (χ3n) is 7.99. The molecule has 0 aromatic heterocycles. The van der Waals surface area contributed by atoms with Crippen molar-refractivity contribution in [2.24, 2.45) is 17.8 Å². The summed E-state index contributed by atoms with van der Waals surface area (Å²) in [7, 11) is 0. The van der Waals surface area contributed by atoms with Gasteiger partial charge in [-0.1, -0.05) is 50.2 Å². The van der Waals surface area contributed by atoms with Gasteiger partial charge in [-0.3, -0.25) is 9.69 Å². The number of amides is 1. The van der Waals surface area contributed by atoms with E-state index >= 15 is 0 Å². The molecule has 0 bridgehead atoms. The van der Waals surface area contributed by atoms with Crippen molar-refractivity contribution in [1.82, 2.24) is 9.80 Å². The lowest BCUT2D eigenvalue weighted by molar-refractivity contribution is -0.152. The summed E-state index contributed by atoms with van der Waals surface area (Å²) in [5.41, 5.74) is 0.0616. The Hall–Kier alpha value is -2.02. The van der Waals surface area contributed by atoms with E-state index in [9.17, 15) is 18.7 Å². The first-order chi connectivity index (χ1) is 15.9. The van der Waals surface area contributed by atoms with Crippen molar-refractivity contribution in [3.63, 3.8) is 0 Å². The summed E-state index contributed by atoms with van der Waals surface area (Å²) >= 11 is 0. The van der Waals surface area contributed by atoms with Gasteiger partial charge < -0.3 is 10.0 Å². The highest BCUT2D eigenvalue weighted by molar-refractivity contribution is 5.85. The van der Waals surface area contributed by atoms with Gasteiger partial charge in [0.2, 0.25) is 5.91 Å². The number of halogens is 3. The maximum atomic E-state index is 14.8. The van der Waals surface area contributed by atoms with Gasteiger partial charge in [0.25, 0.3) is 0 Å². The fourth-order valence-corrected chi connectivity index (χ4v) is 5.91. The van der Waals surface area contributed by atoms with E-state index in [0.29, 0.717) is 31.7 Å². The van der Waals surface area contributed by atoms with E-state index in [0.717, 1.165) is 11.6 Å². The second-order valence-electron chi connectivity index (χ2n) is 11.2. The highest BCUT2D eigenvalue weighted by atomic mass is 35.5. The number of piperidine rings is 1. The number of rotatable bonds is 3. The molecule has 2 saturated heterocycles. The van der Waals surface area contributed by atoms with E-state index in [1.807, 2.05) is 49.1 Å². The van der Waals surface area contributed by atoms with Crippen molar-refractivity contribution >= 4 is 18.3 Å². The van der Waals surface area contributed by atoms with Gasteiger partial charge in [-0.15, -0.1) is 12.4 Å². The Morgan fingerprint density at radius 1 is 0.971 bits per heavy atom. The van der Waals surface area contributed by atoms with Gasteiger partial charge in [-0.05, 0) is 38.0 Å². The number of benzene rings is 2. The lowest BCUT2D eigenvalue weighted by Gasteiger charge is -2.48. The SMILES string of the molecule is C[C@@H]1CN(C(=O)[C@H]2CN(C(C)(C)C)C[C@@H]2c2ccc(F)cc2F)C[C@H](C)C1(O)c1ccccc1.Cl. The van der Waals surface area contributed by atoms with E-state index in [2.05, 4.69) is 25.7 Å². The number of nitrogens with zero attached hydrogens (tertiary/aromatic N) is 2. The molecule has 2 aromatic carbocycles. The van der Waals surface area contributed by atoms with Crippen molar-refractivity contribution in [3.8, 4) is 0 Å². The van der Waals surface area contributed by atoms with Crippen molar-refractivity contribution in [3.05, 3.63) is 71.3 Å². The summed E-state index contributed by atoms with van der Waals surface area (Å²) in [5.74, 6) is -2.35. The maximum absolute atomic E-state index is 14.8. The normalized spacial score (nSPS) is 29.7. The van der Waals surface area contributed by atoms with Gasteiger partial charge in [-0.25, -0.2) is 8.78 Å². The van der Waals surface area contributed by atoms with Crippen LogP contribution in [0.4, 0.5) is 8.78 Å². The topological polar surface area (TPSA) is 43.8 Å². The maximum Gasteiger partial charge on any atom is 0.227 e. The summed E-state index contributed by atoms with van der Waals surface area (Å²) in [6.45, 7) is 12.1. The predicted molar refractivity (Wildman–Crippen MR) is 136 cm³/mol. The number of carbonyl (C=O) groups excluding carboxylic acids is 1. The van der Waals surface area contributed by atoms with Crippen LogP contribution in [0.1, 0.15) is 51.7 Å². The Morgan fingerprint density at radius 3 is 2.11 bits per heavy atom. The van der Waals surface area contributed by atoms with E-state index < -0.39 is 23.2 Å². The number of aliphatic hydroxyl groups is 1.